The Labute approximate surface area is 99.4 Å². The number of nitrogens with zero attached hydrogens (tertiary/aromatic N) is 1. The molecule has 0 heterocycles. The summed E-state index contributed by atoms with van der Waals surface area (Å²) in [4.78, 5) is 14.5. The van der Waals surface area contributed by atoms with E-state index < -0.39 is 0 Å². The molecule has 1 aliphatic carbocycles. The molecule has 0 atom stereocenters. The summed E-state index contributed by atoms with van der Waals surface area (Å²) in [6.45, 7) is 7.50. The highest BCUT2D eigenvalue weighted by Crippen LogP contribution is 2.37. The van der Waals surface area contributed by atoms with Crippen molar-refractivity contribution in [3.8, 4) is 0 Å². The van der Waals surface area contributed by atoms with Gasteiger partial charge in [-0.2, -0.15) is 0 Å². The van der Waals surface area contributed by atoms with Crippen molar-refractivity contribution in [2.75, 3.05) is 13.1 Å². The monoisotopic (exact) mass is 226 g/mol. The lowest BCUT2D eigenvalue weighted by Gasteiger charge is -2.40. The maximum absolute atomic E-state index is 12.6. The van der Waals surface area contributed by atoms with Crippen LogP contribution in [0.1, 0.15) is 52.9 Å². The van der Waals surface area contributed by atoms with Gasteiger partial charge in [0.1, 0.15) is 0 Å². The van der Waals surface area contributed by atoms with Crippen LogP contribution < -0.4 is 5.73 Å². The molecule has 0 aromatic rings. The van der Waals surface area contributed by atoms with Gasteiger partial charge >= 0.3 is 0 Å². The molecule has 0 aromatic carbocycles. The molecule has 0 unspecified atom stereocenters. The molecule has 0 radical (unpaired) electrons. The zero-order valence-corrected chi connectivity index (χ0v) is 11.0. The molecule has 16 heavy (non-hydrogen) atoms. The van der Waals surface area contributed by atoms with E-state index in [-0.39, 0.29) is 17.4 Å². The van der Waals surface area contributed by atoms with Gasteiger partial charge in [-0.1, -0.05) is 19.3 Å². The standard InChI is InChI=1S/C13H26N2O/c1-4-15(11(2)3)12(16)13(10-14)8-6-5-7-9-13/h11H,4-10,14H2,1-3H3. The van der Waals surface area contributed by atoms with E-state index in [2.05, 4.69) is 13.8 Å². The van der Waals surface area contributed by atoms with E-state index in [1.807, 2.05) is 11.8 Å². The molecule has 1 amide bonds. The Balaban J connectivity index is 2.81. The van der Waals surface area contributed by atoms with Crippen LogP contribution in [0.15, 0.2) is 0 Å². The maximum atomic E-state index is 12.6. The fourth-order valence-electron chi connectivity index (χ4n) is 2.78. The molecule has 1 rings (SSSR count). The number of carbonyl (C=O) groups is 1. The minimum absolute atomic E-state index is 0.251. The Morgan fingerprint density at radius 1 is 1.31 bits per heavy atom. The second-order valence-corrected chi connectivity index (χ2v) is 5.23. The molecule has 0 aromatic heterocycles. The van der Waals surface area contributed by atoms with Crippen LogP contribution in [0.2, 0.25) is 0 Å². The predicted octanol–water partition coefficient (Wildman–Crippen LogP) is 2.15. The van der Waals surface area contributed by atoms with E-state index >= 15 is 0 Å². The van der Waals surface area contributed by atoms with E-state index in [0.29, 0.717) is 6.54 Å². The summed E-state index contributed by atoms with van der Waals surface area (Å²) in [5, 5.41) is 0. The number of carbonyl (C=O) groups excluding carboxylic acids is 1. The van der Waals surface area contributed by atoms with Crippen molar-refractivity contribution in [2.24, 2.45) is 11.1 Å². The number of rotatable bonds is 4. The predicted molar refractivity (Wildman–Crippen MR) is 67.1 cm³/mol. The highest BCUT2D eigenvalue weighted by molar-refractivity contribution is 5.83. The lowest BCUT2D eigenvalue weighted by atomic mass is 9.73. The van der Waals surface area contributed by atoms with Crippen LogP contribution in [0.3, 0.4) is 0 Å². The molecule has 0 saturated heterocycles. The van der Waals surface area contributed by atoms with Crippen LogP contribution in [-0.2, 0) is 4.79 Å². The van der Waals surface area contributed by atoms with Gasteiger partial charge < -0.3 is 10.6 Å². The summed E-state index contributed by atoms with van der Waals surface area (Å²) < 4.78 is 0. The molecular formula is C13H26N2O. The van der Waals surface area contributed by atoms with Crippen LogP contribution in [0.25, 0.3) is 0 Å². The summed E-state index contributed by atoms with van der Waals surface area (Å²) in [6, 6.07) is 0.280. The Kier molecular flexibility index (Phi) is 4.78. The second-order valence-electron chi connectivity index (χ2n) is 5.23. The largest absolute Gasteiger partial charge is 0.340 e. The molecule has 1 aliphatic rings. The van der Waals surface area contributed by atoms with Gasteiger partial charge in [0.15, 0.2) is 0 Å². The van der Waals surface area contributed by atoms with Gasteiger partial charge in [-0.05, 0) is 33.6 Å². The third kappa shape index (κ3) is 2.57. The Morgan fingerprint density at radius 3 is 2.25 bits per heavy atom. The van der Waals surface area contributed by atoms with Crippen LogP contribution >= 0.6 is 0 Å². The first kappa shape index (κ1) is 13.5. The second kappa shape index (κ2) is 5.67. The quantitative estimate of drug-likeness (QED) is 0.798. The van der Waals surface area contributed by atoms with Crippen molar-refractivity contribution in [1.82, 2.24) is 4.90 Å². The molecule has 1 fully saturated rings. The highest BCUT2D eigenvalue weighted by Gasteiger charge is 2.40. The average molecular weight is 226 g/mol. The Hall–Kier alpha value is -0.570. The van der Waals surface area contributed by atoms with Gasteiger partial charge in [-0.3, -0.25) is 4.79 Å². The van der Waals surface area contributed by atoms with Crippen molar-refractivity contribution in [3.63, 3.8) is 0 Å². The molecule has 0 bridgehead atoms. The minimum Gasteiger partial charge on any atom is -0.340 e. The number of hydrogen-bond acceptors (Lipinski definition) is 2. The van der Waals surface area contributed by atoms with Gasteiger partial charge in [-0.15, -0.1) is 0 Å². The topological polar surface area (TPSA) is 46.3 Å². The van der Waals surface area contributed by atoms with E-state index in [4.69, 9.17) is 5.73 Å². The molecule has 3 nitrogen and oxygen atoms in total. The molecule has 1 saturated carbocycles. The third-order valence-electron chi connectivity index (χ3n) is 3.88. The van der Waals surface area contributed by atoms with E-state index in [1.165, 1.54) is 6.42 Å². The van der Waals surface area contributed by atoms with Crippen LogP contribution in [0.4, 0.5) is 0 Å². The van der Waals surface area contributed by atoms with Crippen LogP contribution in [0.5, 0.6) is 0 Å². The number of nitrogens with two attached hydrogens (primary N) is 1. The first-order valence-electron chi connectivity index (χ1n) is 6.58. The molecule has 3 heteroatoms. The summed E-state index contributed by atoms with van der Waals surface area (Å²) in [5.41, 5.74) is 5.63. The van der Waals surface area contributed by atoms with Gasteiger partial charge in [0.2, 0.25) is 5.91 Å². The van der Waals surface area contributed by atoms with Crippen molar-refractivity contribution < 1.29 is 4.79 Å². The molecule has 2 N–H and O–H groups in total. The third-order valence-corrected chi connectivity index (χ3v) is 3.88. The fraction of sp³-hybridized carbons (Fsp3) is 0.923. The number of amides is 1. The smallest absolute Gasteiger partial charge is 0.230 e. The molecule has 0 spiro atoms. The lowest BCUT2D eigenvalue weighted by molar-refractivity contribution is -0.145. The summed E-state index contributed by atoms with van der Waals surface area (Å²) in [6.07, 6.45) is 5.51. The molecule has 0 aliphatic heterocycles. The van der Waals surface area contributed by atoms with Gasteiger partial charge in [0.25, 0.3) is 0 Å². The Bertz CT molecular complexity index is 232. The van der Waals surface area contributed by atoms with Gasteiger partial charge in [0.05, 0.1) is 5.41 Å². The van der Waals surface area contributed by atoms with Crippen LogP contribution in [0, 0.1) is 5.41 Å². The number of hydrogen-bond donors (Lipinski definition) is 1. The Morgan fingerprint density at radius 2 is 1.88 bits per heavy atom. The zero-order chi connectivity index (χ0) is 12.2. The summed E-state index contributed by atoms with van der Waals surface area (Å²) in [5.74, 6) is 0.284. The molecular weight excluding hydrogens is 200 g/mol. The summed E-state index contributed by atoms with van der Waals surface area (Å²) >= 11 is 0. The van der Waals surface area contributed by atoms with E-state index in [0.717, 1.165) is 32.2 Å². The zero-order valence-electron chi connectivity index (χ0n) is 11.0. The van der Waals surface area contributed by atoms with E-state index in [9.17, 15) is 4.79 Å². The maximum Gasteiger partial charge on any atom is 0.230 e. The normalized spacial score (nSPS) is 19.8. The van der Waals surface area contributed by atoms with Crippen molar-refractivity contribution >= 4 is 5.91 Å². The highest BCUT2D eigenvalue weighted by atomic mass is 16.2. The van der Waals surface area contributed by atoms with E-state index in [1.54, 1.807) is 0 Å². The first-order valence-corrected chi connectivity index (χ1v) is 6.58. The minimum atomic E-state index is -0.251. The van der Waals surface area contributed by atoms with Gasteiger partial charge in [-0.25, -0.2) is 0 Å². The molecule has 94 valence electrons. The SMILES string of the molecule is CCN(C(=O)C1(CN)CCCCC1)C(C)C. The fourth-order valence-corrected chi connectivity index (χ4v) is 2.78. The lowest BCUT2D eigenvalue weighted by Crippen LogP contribution is -2.51. The van der Waals surface area contributed by atoms with Gasteiger partial charge in [0, 0.05) is 19.1 Å². The van der Waals surface area contributed by atoms with Crippen molar-refractivity contribution in [1.29, 1.82) is 0 Å². The summed E-state index contributed by atoms with van der Waals surface area (Å²) in [7, 11) is 0. The van der Waals surface area contributed by atoms with Crippen molar-refractivity contribution in [3.05, 3.63) is 0 Å². The first-order chi connectivity index (χ1) is 7.57. The van der Waals surface area contributed by atoms with Crippen molar-refractivity contribution in [2.45, 2.75) is 58.9 Å². The van der Waals surface area contributed by atoms with Crippen LogP contribution in [-0.4, -0.2) is 29.9 Å². The average Bonchev–Trinajstić information content (AvgIpc) is 2.30.